The minimum atomic E-state index is -0.104. The number of hydrogen-bond acceptors (Lipinski definition) is 2. The van der Waals surface area contributed by atoms with Crippen molar-refractivity contribution < 1.29 is 4.79 Å². The maximum atomic E-state index is 12.4. The molecule has 0 bridgehead atoms. The third kappa shape index (κ3) is 3.54. The normalized spacial score (nSPS) is 12.3. The van der Waals surface area contributed by atoms with Gasteiger partial charge in [-0.15, -0.1) is 0 Å². The minimum absolute atomic E-state index is 0.0805. The lowest BCUT2D eigenvalue weighted by molar-refractivity contribution is -0.121. The average Bonchev–Trinajstić information content (AvgIpc) is 2.85. The number of hydrogen-bond donors (Lipinski definition) is 1. The topological polar surface area (TPSA) is 56.0 Å². The zero-order valence-electron chi connectivity index (χ0n) is 14.2. The number of halogens is 1. The van der Waals surface area contributed by atoms with Crippen molar-refractivity contribution in [2.24, 2.45) is 7.05 Å². The molecule has 3 rings (SSSR count). The van der Waals surface area contributed by atoms with Crippen LogP contribution in [0.5, 0.6) is 0 Å². The zero-order valence-corrected chi connectivity index (χ0v) is 15.8. The molecule has 3 aromatic rings. The van der Waals surface area contributed by atoms with Crippen molar-refractivity contribution in [1.29, 1.82) is 0 Å². The van der Waals surface area contributed by atoms with E-state index in [1.807, 2.05) is 55.5 Å². The van der Waals surface area contributed by atoms with Crippen LogP contribution in [0.2, 0.25) is 0 Å². The molecule has 1 atom stereocenters. The van der Waals surface area contributed by atoms with Gasteiger partial charge in [0.15, 0.2) is 0 Å². The molecule has 1 amide bonds. The molecule has 5 nitrogen and oxygen atoms in total. The molecule has 1 unspecified atom stereocenters. The molecule has 0 aliphatic heterocycles. The predicted octanol–water partition coefficient (Wildman–Crippen LogP) is 3.37. The Morgan fingerprint density at radius 3 is 2.48 bits per heavy atom. The van der Waals surface area contributed by atoms with Gasteiger partial charge in [-0.2, -0.15) is 0 Å². The van der Waals surface area contributed by atoms with E-state index in [2.05, 4.69) is 21.2 Å². The highest BCUT2D eigenvalue weighted by Gasteiger charge is 2.14. The summed E-state index contributed by atoms with van der Waals surface area (Å²) in [5.41, 5.74) is 2.64. The molecule has 25 heavy (non-hydrogen) atoms. The van der Waals surface area contributed by atoms with Crippen molar-refractivity contribution in [3.05, 3.63) is 69.1 Å². The van der Waals surface area contributed by atoms with Gasteiger partial charge in [-0.1, -0.05) is 46.3 Å². The molecule has 2 aromatic carbocycles. The van der Waals surface area contributed by atoms with Gasteiger partial charge < -0.3 is 5.32 Å². The Balaban J connectivity index is 1.70. The van der Waals surface area contributed by atoms with Crippen molar-refractivity contribution >= 4 is 32.9 Å². The van der Waals surface area contributed by atoms with Crippen LogP contribution < -0.4 is 11.0 Å². The van der Waals surface area contributed by atoms with Gasteiger partial charge in [-0.05, 0) is 30.7 Å². The first-order valence-corrected chi connectivity index (χ1v) is 8.96. The number of nitrogens with zero attached hydrogens (tertiary/aromatic N) is 2. The minimum Gasteiger partial charge on any atom is -0.349 e. The number of benzene rings is 2. The fourth-order valence-corrected chi connectivity index (χ4v) is 3.64. The van der Waals surface area contributed by atoms with Crippen LogP contribution in [-0.4, -0.2) is 15.0 Å². The third-order valence-corrected chi connectivity index (χ3v) is 5.09. The lowest BCUT2D eigenvalue weighted by atomic mass is 10.1. The molecule has 1 N–H and O–H groups in total. The van der Waals surface area contributed by atoms with E-state index < -0.39 is 0 Å². The van der Waals surface area contributed by atoms with E-state index in [1.165, 1.54) is 0 Å². The Labute approximate surface area is 154 Å². The van der Waals surface area contributed by atoms with Gasteiger partial charge in [0.1, 0.15) is 0 Å². The van der Waals surface area contributed by atoms with Gasteiger partial charge in [-0.25, -0.2) is 4.79 Å². The number of aromatic nitrogens is 2. The van der Waals surface area contributed by atoms with Gasteiger partial charge >= 0.3 is 5.69 Å². The fraction of sp³-hybridized carbons (Fsp3) is 0.263. The predicted molar refractivity (Wildman–Crippen MR) is 102 cm³/mol. The summed E-state index contributed by atoms with van der Waals surface area (Å²) in [6, 6.07) is 15.3. The van der Waals surface area contributed by atoms with Crippen molar-refractivity contribution in [3.63, 3.8) is 0 Å². The van der Waals surface area contributed by atoms with Crippen LogP contribution in [0.3, 0.4) is 0 Å². The monoisotopic (exact) mass is 401 g/mol. The molecule has 1 aromatic heterocycles. The molecule has 0 radical (unpaired) electrons. The molecular formula is C19H20BrN3O2. The van der Waals surface area contributed by atoms with Crippen LogP contribution in [0, 0.1) is 0 Å². The van der Waals surface area contributed by atoms with Crippen LogP contribution in [0.4, 0.5) is 0 Å². The Hall–Kier alpha value is -2.34. The summed E-state index contributed by atoms with van der Waals surface area (Å²) >= 11 is 3.50. The first kappa shape index (κ1) is 17.5. The number of imidazole rings is 1. The van der Waals surface area contributed by atoms with E-state index in [0.717, 1.165) is 21.1 Å². The van der Waals surface area contributed by atoms with Gasteiger partial charge in [-0.3, -0.25) is 13.9 Å². The highest BCUT2D eigenvalue weighted by atomic mass is 79.9. The molecule has 0 aliphatic rings. The SMILES string of the molecule is CC(NC(=O)CCn1c(=O)n(C)c2ccccc21)c1ccccc1Br. The maximum absolute atomic E-state index is 12.4. The second kappa shape index (κ2) is 7.27. The Morgan fingerprint density at radius 1 is 1.12 bits per heavy atom. The number of carbonyl (C=O) groups is 1. The van der Waals surface area contributed by atoms with E-state index in [-0.39, 0.29) is 24.1 Å². The molecule has 0 aliphatic carbocycles. The van der Waals surface area contributed by atoms with Gasteiger partial charge in [0.2, 0.25) is 5.91 Å². The molecule has 130 valence electrons. The smallest absolute Gasteiger partial charge is 0.328 e. The molecule has 6 heteroatoms. The summed E-state index contributed by atoms with van der Waals surface area (Å²) in [7, 11) is 1.75. The molecule has 0 saturated carbocycles. The summed E-state index contributed by atoms with van der Waals surface area (Å²) < 4.78 is 4.22. The van der Waals surface area contributed by atoms with Crippen molar-refractivity contribution in [3.8, 4) is 0 Å². The Kier molecular flexibility index (Phi) is 5.08. The number of rotatable bonds is 5. The quantitative estimate of drug-likeness (QED) is 0.712. The summed E-state index contributed by atoms with van der Waals surface area (Å²) in [5, 5.41) is 2.99. The first-order valence-electron chi connectivity index (χ1n) is 8.17. The maximum Gasteiger partial charge on any atom is 0.328 e. The first-order chi connectivity index (χ1) is 12.0. The summed E-state index contributed by atoms with van der Waals surface area (Å²) in [6.07, 6.45) is 0.253. The molecule has 0 spiro atoms. The van der Waals surface area contributed by atoms with E-state index >= 15 is 0 Å². The second-order valence-corrected chi connectivity index (χ2v) is 6.90. The van der Waals surface area contributed by atoms with Crippen LogP contribution >= 0.6 is 15.9 Å². The number of carbonyl (C=O) groups excluding carboxylic acids is 1. The van der Waals surface area contributed by atoms with Crippen LogP contribution in [0.25, 0.3) is 11.0 Å². The summed E-state index contributed by atoms with van der Waals surface area (Å²) in [6.45, 7) is 2.30. The van der Waals surface area contributed by atoms with Gasteiger partial charge in [0.25, 0.3) is 0 Å². The number of fused-ring (bicyclic) bond motifs is 1. The largest absolute Gasteiger partial charge is 0.349 e. The van der Waals surface area contributed by atoms with E-state index in [1.54, 1.807) is 16.2 Å². The van der Waals surface area contributed by atoms with Crippen LogP contribution in [-0.2, 0) is 18.4 Å². The van der Waals surface area contributed by atoms with Crippen LogP contribution in [0.15, 0.2) is 57.8 Å². The number of nitrogens with one attached hydrogen (secondary N) is 1. The second-order valence-electron chi connectivity index (χ2n) is 6.04. The summed E-state index contributed by atoms with van der Waals surface area (Å²) in [5.74, 6) is -0.0805. The highest BCUT2D eigenvalue weighted by Crippen LogP contribution is 2.22. The van der Waals surface area contributed by atoms with Crippen molar-refractivity contribution in [1.82, 2.24) is 14.5 Å². The van der Waals surface area contributed by atoms with Crippen molar-refractivity contribution in [2.45, 2.75) is 25.9 Å². The third-order valence-electron chi connectivity index (χ3n) is 4.36. The van der Waals surface area contributed by atoms with Crippen LogP contribution in [0.1, 0.15) is 24.9 Å². The summed E-state index contributed by atoms with van der Waals surface area (Å²) in [4.78, 5) is 24.7. The average molecular weight is 402 g/mol. The molecule has 0 saturated heterocycles. The molecule has 0 fully saturated rings. The van der Waals surface area contributed by atoms with E-state index in [0.29, 0.717) is 6.54 Å². The highest BCUT2D eigenvalue weighted by molar-refractivity contribution is 9.10. The van der Waals surface area contributed by atoms with E-state index in [9.17, 15) is 9.59 Å². The number of para-hydroxylation sites is 2. The fourth-order valence-electron chi connectivity index (χ4n) is 3.01. The van der Waals surface area contributed by atoms with Gasteiger partial charge in [0, 0.05) is 24.5 Å². The van der Waals surface area contributed by atoms with Crippen molar-refractivity contribution in [2.75, 3.05) is 0 Å². The zero-order chi connectivity index (χ0) is 18.0. The van der Waals surface area contributed by atoms with Gasteiger partial charge in [0.05, 0.1) is 17.1 Å². The Bertz CT molecular complexity index is 974. The molecule has 1 heterocycles. The molecular weight excluding hydrogens is 382 g/mol. The van der Waals surface area contributed by atoms with E-state index in [4.69, 9.17) is 0 Å². The lowest BCUT2D eigenvalue weighted by Gasteiger charge is -2.16. The Morgan fingerprint density at radius 2 is 1.76 bits per heavy atom. The standard InChI is InChI=1S/C19H20BrN3O2/c1-13(14-7-3-4-8-15(14)20)21-18(24)11-12-23-17-10-6-5-9-16(17)22(2)19(23)25/h3-10,13H,11-12H2,1-2H3,(H,21,24). The number of amides is 1. The lowest BCUT2D eigenvalue weighted by Crippen LogP contribution is -2.29. The number of aryl methyl sites for hydroxylation is 2.